The van der Waals surface area contributed by atoms with Gasteiger partial charge in [-0.3, -0.25) is 11.3 Å². The molecule has 3 aromatic rings. The number of alkyl halides is 9. The van der Waals surface area contributed by atoms with Crippen molar-refractivity contribution in [1.82, 2.24) is 4.57 Å². The third-order valence-corrected chi connectivity index (χ3v) is 5.13. The molecule has 0 aliphatic rings. The molecule has 1 aromatic carbocycles. The number of halogens is 9. The Bertz CT molecular complexity index is 1240. The van der Waals surface area contributed by atoms with E-state index in [2.05, 4.69) is 5.38 Å². The molecule has 0 fully saturated rings. The highest BCUT2D eigenvalue weighted by Gasteiger charge is 2.44. The molecule has 0 bridgehead atoms. The van der Waals surface area contributed by atoms with Crippen LogP contribution in [0.25, 0.3) is 17.1 Å². The number of aromatic nitrogens is 2. The van der Waals surface area contributed by atoms with Gasteiger partial charge in [0, 0.05) is 0 Å². The molecule has 172 valence electrons. The topological polar surface area (TPSA) is 62.2 Å². The highest BCUT2D eigenvalue weighted by atomic mass is 32.1. The summed E-state index contributed by atoms with van der Waals surface area (Å²) in [5.74, 6) is -1.05. The molecule has 3 N–H and O–H groups in total. The van der Waals surface area contributed by atoms with Crippen LogP contribution in [0.15, 0.2) is 28.4 Å². The summed E-state index contributed by atoms with van der Waals surface area (Å²) < 4.78 is 121. The summed E-state index contributed by atoms with van der Waals surface area (Å²) >= 11 is 0.872. The predicted molar refractivity (Wildman–Crippen MR) is 94.9 cm³/mol. The number of hydrogen-bond acceptors (Lipinski definition) is 3. The van der Waals surface area contributed by atoms with E-state index >= 15 is 0 Å². The van der Waals surface area contributed by atoms with Crippen molar-refractivity contribution in [2.75, 3.05) is 5.73 Å². The van der Waals surface area contributed by atoms with Crippen LogP contribution in [-0.2, 0) is 18.5 Å². The van der Waals surface area contributed by atoms with Crippen molar-refractivity contribution < 1.29 is 44.5 Å². The third kappa shape index (κ3) is 4.18. The molecule has 2 heterocycles. The number of aromatic amines is 1. The summed E-state index contributed by atoms with van der Waals surface area (Å²) in [6.45, 7) is 1.38. The molecule has 0 saturated carbocycles. The van der Waals surface area contributed by atoms with Gasteiger partial charge >= 0.3 is 24.1 Å². The Balaban J connectivity index is 2.51. The normalized spacial score (nSPS) is 12.9. The molecule has 32 heavy (non-hydrogen) atoms. The summed E-state index contributed by atoms with van der Waals surface area (Å²) in [7, 11) is 0. The number of anilines is 1. The lowest BCUT2D eigenvalue weighted by atomic mass is 10.0. The third-order valence-electron chi connectivity index (χ3n) is 4.37. The fraction of sp³-hybridized carbons (Fsp3) is 0.222. The monoisotopic (exact) mass is 487 g/mol. The molecule has 14 heteroatoms. The van der Waals surface area contributed by atoms with Crippen LogP contribution in [0.4, 0.5) is 45.2 Å². The smallest absolute Gasteiger partial charge is 0.389 e. The summed E-state index contributed by atoms with van der Waals surface area (Å²) in [4.78, 5) is 14.4. The number of nitrogens with two attached hydrogens (primary N) is 1. The first-order valence-corrected chi connectivity index (χ1v) is 9.21. The quantitative estimate of drug-likeness (QED) is 0.403. The van der Waals surface area contributed by atoms with Crippen molar-refractivity contribution in [2.24, 2.45) is 0 Å². The zero-order valence-electron chi connectivity index (χ0n) is 15.6. The van der Waals surface area contributed by atoms with Crippen LogP contribution in [0.1, 0.15) is 22.4 Å². The van der Waals surface area contributed by atoms with Gasteiger partial charge in [-0.05, 0) is 23.9 Å². The minimum absolute atomic E-state index is 0.139. The van der Waals surface area contributed by atoms with Gasteiger partial charge in [-0.25, -0.2) is 14.3 Å². The van der Waals surface area contributed by atoms with Gasteiger partial charge in [-0.1, -0.05) is 6.92 Å². The number of nitrogen functional groups attached to an aromatic ring is 1. The molecule has 0 saturated heterocycles. The Morgan fingerprint density at radius 1 is 1.00 bits per heavy atom. The first-order valence-electron chi connectivity index (χ1n) is 8.33. The summed E-state index contributed by atoms with van der Waals surface area (Å²) in [5, 5.41) is 3.87. The lowest BCUT2D eigenvalue weighted by Crippen LogP contribution is -2.37. The Morgan fingerprint density at radius 3 is 2.09 bits per heavy atom. The number of nitrogens with one attached hydrogen (secondary N) is 1. The Kier molecular flexibility index (Phi) is 5.56. The van der Waals surface area contributed by atoms with E-state index in [-0.39, 0.29) is 23.4 Å². The maximum absolute atomic E-state index is 13.7. The molecule has 0 aliphatic heterocycles. The average Bonchev–Trinajstić information content (AvgIpc) is 3.06. The molecule has 0 radical (unpaired) electrons. The molecular formula is C18H10F9N3OS. The highest BCUT2D eigenvalue weighted by Crippen LogP contribution is 2.41. The molecule has 0 unspecified atom stereocenters. The lowest BCUT2D eigenvalue weighted by molar-refractivity contribution is -0.418. The standard InChI is InChI=1S/C18H9F9N3OS/c1-7-5-32-6-11(7)30-14(29-13(18(25,26)27)12(28)15(30)31)9-3-2-8(16(19,20)21)4-10(9)17(22,23)24/h2-4,6H,28H2,1H3/q-1/p+1. The first kappa shape index (κ1) is 23.6. The van der Waals surface area contributed by atoms with Gasteiger partial charge in [-0.2, -0.15) is 39.5 Å². The summed E-state index contributed by atoms with van der Waals surface area (Å²) in [6, 6.07) is 0.368. The zero-order valence-corrected chi connectivity index (χ0v) is 16.4. The molecule has 0 aliphatic carbocycles. The second kappa shape index (κ2) is 7.53. The van der Waals surface area contributed by atoms with Crippen LogP contribution >= 0.6 is 11.3 Å². The van der Waals surface area contributed by atoms with E-state index in [1.165, 1.54) is 12.3 Å². The zero-order chi connectivity index (χ0) is 24.2. The van der Waals surface area contributed by atoms with Crippen molar-refractivity contribution in [3.63, 3.8) is 0 Å². The molecule has 0 atom stereocenters. The van der Waals surface area contributed by atoms with Crippen LogP contribution in [0.3, 0.4) is 0 Å². The van der Waals surface area contributed by atoms with E-state index in [0.717, 1.165) is 11.3 Å². The average molecular weight is 487 g/mol. The summed E-state index contributed by atoms with van der Waals surface area (Å²) in [6.07, 6.45) is -15.8. The fourth-order valence-corrected chi connectivity index (χ4v) is 3.64. The molecule has 0 spiro atoms. The number of H-pyrrole nitrogens is 1. The van der Waals surface area contributed by atoms with Crippen LogP contribution in [-0.4, -0.2) is 4.57 Å². The number of aryl methyl sites for hydroxylation is 1. The predicted octanol–water partition coefficient (Wildman–Crippen LogP) is 5.13. The van der Waals surface area contributed by atoms with Gasteiger partial charge in [0.05, 0.1) is 16.7 Å². The number of hydrogen-bond donors (Lipinski definition) is 1. The highest BCUT2D eigenvalue weighted by molar-refractivity contribution is 7.07. The first-order chi connectivity index (χ1) is 14.5. The van der Waals surface area contributed by atoms with E-state index in [1.807, 2.05) is 0 Å². The SMILES string of the molecule is Cc1[c-]scc1-n1c(-c2ccc(C(F)(F)F)cc2C(F)(F)F)[nH+]c(C(F)(F)F)c(N)c1=O. The Hall–Kier alpha value is -3.03. The second-order valence-corrected chi connectivity index (χ2v) is 7.18. The van der Waals surface area contributed by atoms with Crippen LogP contribution in [0.2, 0.25) is 0 Å². The van der Waals surface area contributed by atoms with Gasteiger partial charge in [0.25, 0.3) is 5.82 Å². The molecule has 2 aromatic heterocycles. The second-order valence-electron chi connectivity index (χ2n) is 6.50. The van der Waals surface area contributed by atoms with Gasteiger partial charge in [0.15, 0.2) is 5.69 Å². The van der Waals surface area contributed by atoms with E-state index in [4.69, 9.17) is 5.73 Å². The van der Waals surface area contributed by atoms with E-state index in [1.54, 1.807) is 4.98 Å². The van der Waals surface area contributed by atoms with Crippen molar-refractivity contribution in [3.05, 3.63) is 61.7 Å². The molecule has 3 rings (SSSR count). The van der Waals surface area contributed by atoms with Gasteiger partial charge in [0.2, 0.25) is 5.69 Å². The summed E-state index contributed by atoms with van der Waals surface area (Å²) in [5.41, 5.74) is -3.99. The number of benzene rings is 1. The number of thiophene rings is 1. The maximum atomic E-state index is 13.7. The van der Waals surface area contributed by atoms with Crippen LogP contribution in [0, 0.1) is 12.3 Å². The minimum atomic E-state index is -5.40. The Morgan fingerprint density at radius 2 is 1.62 bits per heavy atom. The van der Waals surface area contributed by atoms with Crippen molar-refractivity contribution in [2.45, 2.75) is 25.5 Å². The van der Waals surface area contributed by atoms with E-state index < -0.39 is 58.0 Å². The maximum Gasteiger partial charge on any atom is 0.455 e. The van der Waals surface area contributed by atoms with E-state index in [9.17, 15) is 44.3 Å². The van der Waals surface area contributed by atoms with Crippen molar-refractivity contribution in [3.8, 4) is 17.1 Å². The minimum Gasteiger partial charge on any atom is -0.389 e. The molecule has 4 nitrogen and oxygen atoms in total. The fourth-order valence-electron chi connectivity index (χ4n) is 2.91. The number of nitrogens with zero attached hydrogens (tertiary/aromatic N) is 1. The largest absolute Gasteiger partial charge is 0.455 e. The van der Waals surface area contributed by atoms with E-state index in [0.29, 0.717) is 10.6 Å². The number of rotatable bonds is 2. The van der Waals surface area contributed by atoms with Crippen molar-refractivity contribution >= 4 is 17.0 Å². The molecule has 0 amide bonds. The van der Waals surface area contributed by atoms with Crippen molar-refractivity contribution in [1.29, 1.82) is 0 Å². The molecular weight excluding hydrogens is 477 g/mol. The van der Waals surface area contributed by atoms with Gasteiger partial charge < -0.3 is 5.73 Å². The Labute approximate surface area is 176 Å². The van der Waals surface area contributed by atoms with Gasteiger partial charge in [-0.15, -0.1) is 16.3 Å². The van der Waals surface area contributed by atoms with Crippen LogP contribution < -0.4 is 16.3 Å². The van der Waals surface area contributed by atoms with Crippen LogP contribution in [0.5, 0.6) is 0 Å². The van der Waals surface area contributed by atoms with Gasteiger partial charge in [0.1, 0.15) is 0 Å². The lowest BCUT2D eigenvalue weighted by Gasteiger charge is -2.18.